The molecule has 0 aromatic heterocycles. The number of fused-ring (bicyclic) bond motifs is 2. The Labute approximate surface area is 222 Å². The third-order valence-electron chi connectivity index (χ3n) is 8.36. The van der Waals surface area contributed by atoms with Crippen molar-refractivity contribution in [2.24, 2.45) is 17.3 Å². The van der Waals surface area contributed by atoms with E-state index in [0.29, 0.717) is 24.3 Å². The van der Waals surface area contributed by atoms with Crippen molar-refractivity contribution in [1.82, 2.24) is 0 Å². The first-order valence-electron chi connectivity index (χ1n) is 12.6. The predicted molar refractivity (Wildman–Crippen MR) is 144 cm³/mol. The largest absolute Gasteiger partial charge is 0.541 e. The molecule has 206 valence electrons. The van der Waals surface area contributed by atoms with E-state index in [4.69, 9.17) is 18.1 Å². The van der Waals surface area contributed by atoms with Gasteiger partial charge >= 0.3 is 0 Å². The number of methoxy groups -OCH3 is 2. The molecule has 1 aromatic rings. The summed E-state index contributed by atoms with van der Waals surface area (Å²) in [5.74, 6) is -0.622. The summed E-state index contributed by atoms with van der Waals surface area (Å²) in [6, 6.07) is 5.66. The second-order valence-corrected chi connectivity index (χ2v) is 18.0. The molecule has 37 heavy (non-hydrogen) atoms. The molecule has 3 rings (SSSR count). The minimum Gasteiger partial charge on any atom is -0.541 e. The maximum Gasteiger partial charge on any atom is 0.264 e. The lowest BCUT2D eigenvalue weighted by molar-refractivity contribution is -0.136. The van der Waals surface area contributed by atoms with Crippen LogP contribution in [0.1, 0.15) is 52.0 Å². The van der Waals surface area contributed by atoms with Crippen molar-refractivity contribution in [3.63, 3.8) is 0 Å². The molecule has 0 spiro atoms. The Morgan fingerprint density at radius 3 is 2.24 bits per heavy atom. The van der Waals surface area contributed by atoms with E-state index in [2.05, 4.69) is 33.9 Å². The lowest BCUT2D eigenvalue weighted by Crippen LogP contribution is -2.43. The molecule has 1 fully saturated rings. The number of carbonyl (C=O) groups excluding carboxylic acids is 2. The van der Waals surface area contributed by atoms with Gasteiger partial charge in [-0.3, -0.25) is 13.8 Å². The maximum atomic E-state index is 13.8. The van der Waals surface area contributed by atoms with Crippen molar-refractivity contribution in [1.29, 1.82) is 0 Å². The Balaban J connectivity index is 1.99. The molecule has 0 amide bonds. The van der Waals surface area contributed by atoms with Crippen LogP contribution in [0.15, 0.2) is 30.0 Å². The van der Waals surface area contributed by atoms with E-state index < -0.39 is 35.7 Å². The molecule has 10 heteroatoms. The van der Waals surface area contributed by atoms with Gasteiger partial charge in [0.2, 0.25) is 5.78 Å². The molecule has 1 saturated carbocycles. The number of hydrogen-bond acceptors (Lipinski definition) is 8. The Bertz CT molecular complexity index is 1200. The predicted octanol–water partition coefficient (Wildman–Crippen LogP) is 4.85. The minimum atomic E-state index is -3.58. The van der Waals surface area contributed by atoms with Crippen LogP contribution in [0.3, 0.4) is 0 Å². The van der Waals surface area contributed by atoms with Crippen LogP contribution in [0, 0.1) is 17.3 Å². The van der Waals surface area contributed by atoms with Gasteiger partial charge in [0.25, 0.3) is 18.4 Å². The first-order chi connectivity index (χ1) is 17.0. The number of ether oxygens (including phenoxy) is 2. The van der Waals surface area contributed by atoms with Crippen LogP contribution in [-0.4, -0.2) is 55.4 Å². The Hall–Kier alpha value is -2.17. The van der Waals surface area contributed by atoms with Gasteiger partial charge in [0, 0.05) is 5.92 Å². The molecular formula is C27H40O8SSi. The molecule has 0 radical (unpaired) electrons. The van der Waals surface area contributed by atoms with E-state index in [0.717, 1.165) is 11.8 Å². The van der Waals surface area contributed by atoms with Crippen molar-refractivity contribution in [2.75, 3.05) is 27.1 Å². The summed E-state index contributed by atoms with van der Waals surface area (Å²) in [5, 5.41) is 0.00197. The number of ketones is 2. The second-order valence-electron chi connectivity index (χ2n) is 11.7. The van der Waals surface area contributed by atoms with Crippen LogP contribution in [0.4, 0.5) is 0 Å². The van der Waals surface area contributed by atoms with Crippen LogP contribution < -0.4 is 9.16 Å². The van der Waals surface area contributed by atoms with E-state index in [1.807, 2.05) is 25.1 Å². The van der Waals surface area contributed by atoms with Gasteiger partial charge in [0.1, 0.15) is 5.75 Å². The third kappa shape index (κ3) is 5.51. The summed E-state index contributed by atoms with van der Waals surface area (Å²) in [6.07, 6.45) is 3.33. The lowest BCUT2D eigenvalue weighted by Gasteiger charge is -2.37. The normalized spacial score (nSPS) is 26.2. The highest BCUT2D eigenvalue weighted by Gasteiger charge is 2.63. The fraction of sp³-hybridized carbons (Fsp3) is 0.630. The lowest BCUT2D eigenvalue weighted by atomic mass is 9.70. The Morgan fingerprint density at radius 1 is 1.05 bits per heavy atom. The SMILES string of the molecule is COC1=C[C@]2(CCCOS(C)(=O)=O)C(=O)[C@H](C1=O)[C@@H](c1ccc(O[Si](C)(C)C(C)(C)C)c(OC)c1)[C@@H]2C. The third-order valence-corrected chi connectivity index (χ3v) is 13.3. The van der Waals surface area contributed by atoms with Crippen molar-refractivity contribution in [3.8, 4) is 11.5 Å². The maximum absolute atomic E-state index is 13.8. The summed E-state index contributed by atoms with van der Waals surface area (Å²) in [5.41, 5.74) is -0.141. The first kappa shape index (κ1) is 29.4. The summed E-state index contributed by atoms with van der Waals surface area (Å²) in [6.45, 7) is 12.8. The molecule has 8 nitrogen and oxygen atoms in total. The molecule has 0 saturated heterocycles. The second kappa shape index (κ2) is 10.2. The molecule has 0 aliphatic heterocycles. The highest BCUT2D eigenvalue weighted by molar-refractivity contribution is 7.85. The average Bonchev–Trinajstić information content (AvgIpc) is 2.94. The average molecular weight is 553 g/mol. The van der Waals surface area contributed by atoms with Gasteiger partial charge in [0.15, 0.2) is 17.3 Å². The fourth-order valence-corrected chi connectivity index (χ4v) is 6.72. The monoisotopic (exact) mass is 552 g/mol. The van der Waals surface area contributed by atoms with E-state index in [-0.39, 0.29) is 34.9 Å². The molecule has 1 aromatic carbocycles. The van der Waals surface area contributed by atoms with Gasteiger partial charge < -0.3 is 13.9 Å². The molecule has 0 heterocycles. The van der Waals surface area contributed by atoms with E-state index in [9.17, 15) is 18.0 Å². The van der Waals surface area contributed by atoms with Gasteiger partial charge in [-0.2, -0.15) is 8.42 Å². The molecule has 0 unspecified atom stereocenters. The molecule has 2 bridgehead atoms. The highest BCUT2D eigenvalue weighted by atomic mass is 32.2. The van der Waals surface area contributed by atoms with Gasteiger partial charge in [0.05, 0.1) is 38.4 Å². The van der Waals surface area contributed by atoms with Crippen molar-refractivity contribution < 1.29 is 36.1 Å². The minimum absolute atomic E-state index is 0.00197. The number of Topliss-reactive ketones (excluding diaryl/α,β-unsaturated/α-hetero) is 2. The molecule has 2 aliphatic rings. The zero-order valence-corrected chi connectivity index (χ0v) is 25.2. The van der Waals surface area contributed by atoms with E-state index >= 15 is 0 Å². The quantitative estimate of drug-likeness (QED) is 0.176. The summed E-state index contributed by atoms with van der Waals surface area (Å²) in [4.78, 5) is 27.1. The van der Waals surface area contributed by atoms with E-state index in [1.54, 1.807) is 13.2 Å². The van der Waals surface area contributed by atoms with Crippen LogP contribution in [0.2, 0.25) is 18.1 Å². The topological polar surface area (TPSA) is 105 Å². The van der Waals surface area contributed by atoms with Crippen LogP contribution in [0.25, 0.3) is 0 Å². The van der Waals surface area contributed by atoms with Crippen molar-refractivity contribution in [2.45, 2.75) is 64.6 Å². The van der Waals surface area contributed by atoms with E-state index in [1.165, 1.54) is 7.11 Å². The zero-order chi connectivity index (χ0) is 28.0. The van der Waals surface area contributed by atoms with Crippen LogP contribution in [0.5, 0.6) is 11.5 Å². The molecule has 0 N–H and O–H groups in total. The van der Waals surface area contributed by atoms with Crippen molar-refractivity contribution >= 4 is 30.0 Å². The molecular weight excluding hydrogens is 512 g/mol. The van der Waals surface area contributed by atoms with Gasteiger partial charge in [-0.1, -0.05) is 33.8 Å². The number of carbonyl (C=O) groups is 2. The van der Waals surface area contributed by atoms with Gasteiger partial charge in [-0.05, 0) is 60.7 Å². The Kier molecular flexibility index (Phi) is 8.09. The van der Waals surface area contributed by atoms with Crippen LogP contribution in [-0.2, 0) is 28.6 Å². The number of hydrogen-bond donors (Lipinski definition) is 0. The van der Waals surface area contributed by atoms with Crippen molar-refractivity contribution in [3.05, 3.63) is 35.6 Å². The number of rotatable bonds is 10. The Morgan fingerprint density at radius 2 is 1.70 bits per heavy atom. The van der Waals surface area contributed by atoms with Crippen LogP contribution >= 0.6 is 0 Å². The standard InChI is InChI=1S/C27H40O8SSi/c1-17-22(18-11-12-19(20(15-18)32-5)35-37(8,9)26(2,3)4)23-24(28)21(33-6)16-27(17,25(23)29)13-10-14-34-36(7,30)31/h11-12,15-17,22-23H,10,13-14H2,1-9H3/t17-,22+,23-,27-/m0/s1. The fourth-order valence-electron chi connectivity index (χ4n) is 5.27. The number of benzene rings is 1. The highest BCUT2D eigenvalue weighted by Crippen LogP contribution is 2.59. The van der Waals surface area contributed by atoms with Gasteiger partial charge in [-0.15, -0.1) is 0 Å². The summed E-state index contributed by atoms with van der Waals surface area (Å²) >= 11 is 0. The van der Waals surface area contributed by atoms with Gasteiger partial charge in [-0.25, -0.2) is 0 Å². The summed E-state index contributed by atoms with van der Waals surface area (Å²) < 4.78 is 45.3. The number of allylic oxidation sites excluding steroid dienone is 2. The molecule has 2 aliphatic carbocycles. The zero-order valence-electron chi connectivity index (χ0n) is 23.3. The molecule has 4 atom stereocenters. The first-order valence-corrected chi connectivity index (χ1v) is 17.3. The smallest absolute Gasteiger partial charge is 0.264 e. The summed E-state index contributed by atoms with van der Waals surface area (Å²) in [7, 11) is -2.70.